The molecule has 2 amide bonds. The summed E-state index contributed by atoms with van der Waals surface area (Å²) < 4.78 is 4.85. The van der Waals surface area contributed by atoms with Crippen LogP contribution >= 0.6 is 0 Å². The Hall–Kier alpha value is -2.89. The number of hydrogen-bond acceptors (Lipinski definition) is 4. The van der Waals surface area contributed by atoms with Gasteiger partial charge in [0, 0.05) is 11.6 Å². The van der Waals surface area contributed by atoms with Crippen molar-refractivity contribution in [3.63, 3.8) is 0 Å². The molecule has 0 saturated heterocycles. The van der Waals surface area contributed by atoms with Gasteiger partial charge < -0.3 is 15.2 Å². The third kappa shape index (κ3) is 5.10. The van der Waals surface area contributed by atoms with Crippen molar-refractivity contribution < 1.29 is 14.1 Å². The molecule has 6 nitrogen and oxygen atoms in total. The number of aryl methyl sites for hydroxylation is 1. The van der Waals surface area contributed by atoms with Gasteiger partial charge in [0.25, 0.3) is 0 Å². The first-order valence-electron chi connectivity index (χ1n) is 7.35. The Bertz CT molecular complexity index is 705. The fraction of sp³-hybridized carbons (Fsp3) is 0.235. The van der Waals surface area contributed by atoms with Gasteiger partial charge in [-0.2, -0.15) is 0 Å². The number of carbonyl (C=O) groups is 2. The van der Waals surface area contributed by atoms with E-state index in [9.17, 15) is 9.59 Å². The Morgan fingerprint density at radius 3 is 2.61 bits per heavy atom. The van der Waals surface area contributed by atoms with E-state index < -0.39 is 0 Å². The zero-order chi connectivity index (χ0) is 16.7. The molecule has 0 fully saturated rings. The summed E-state index contributed by atoms with van der Waals surface area (Å²) in [4.78, 5) is 23.9. The Morgan fingerprint density at radius 2 is 2.00 bits per heavy atom. The van der Waals surface area contributed by atoms with Crippen molar-refractivity contribution in [1.29, 1.82) is 0 Å². The van der Waals surface area contributed by atoms with Crippen LogP contribution in [-0.4, -0.2) is 23.5 Å². The van der Waals surface area contributed by atoms with Gasteiger partial charge >= 0.3 is 0 Å². The lowest BCUT2D eigenvalue weighted by Crippen LogP contribution is -2.33. The third-order valence-electron chi connectivity index (χ3n) is 3.12. The summed E-state index contributed by atoms with van der Waals surface area (Å²) >= 11 is 0. The van der Waals surface area contributed by atoms with Gasteiger partial charge in [-0.3, -0.25) is 9.59 Å². The van der Waals surface area contributed by atoms with Gasteiger partial charge in [-0.25, -0.2) is 0 Å². The lowest BCUT2D eigenvalue weighted by Gasteiger charge is -2.07. The predicted molar refractivity (Wildman–Crippen MR) is 87.6 cm³/mol. The molecule has 6 heteroatoms. The maximum Gasteiger partial charge on any atom is 0.247 e. The fourth-order valence-electron chi connectivity index (χ4n) is 1.97. The average Bonchev–Trinajstić information content (AvgIpc) is 2.96. The molecule has 0 radical (unpaired) electrons. The number of amides is 2. The van der Waals surface area contributed by atoms with E-state index in [1.165, 1.54) is 0 Å². The van der Waals surface area contributed by atoms with Crippen LogP contribution in [0, 0.1) is 6.92 Å². The van der Waals surface area contributed by atoms with E-state index in [2.05, 4.69) is 15.8 Å². The summed E-state index contributed by atoms with van der Waals surface area (Å²) in [5, 5.41) is 8.81. The molecule has 1 aromatic carbocycles. The minimum absolute atomic E-state index is 0.128. The van der Waals surface area contributed by atoms with E-state index in [1.54, 1.807) is 13.0 Å². The molecule has 2 N–H and O–H groups in total. The van der Waals surface area contributed by atoms with Gasteiger partial charge in [0.1, 0.15) is 5.76 Å². The quantitative estimate of drug-likeness (QED) is 0.803. The van der Waals surface area contributed by atoms with Crippen LogP contribution < -0.4 is 10.6 Å². The Morgan fingerprint density at radius 1 is 1.26 bits per heavy atom. The highest BCUT2D eigenvalue weighted by molar-refractivity contribution is 6.01. The van der Waals surface area contributed by atoms with Crippen LogP contribution in [0.4, 0.5) is 5.82 Å². The van der Waals surface area contributed by atoms with E-state index in [0.717, 1.165) is 5.56 Å². The Balaban J connectivity index is 1.89. The normalized spacial score (nSPS) is 11.1. The largest absolute Gasteiger partial charge is 0.360 e. The number of nitrogens with zero attached hydrogens (tertiary/aromatic N) is 1. The van der Waals surface area contributed by atoms with Gasteiger partial charge in [-0.05, 0) is 25.0 Å². The van der Waals surface area contributed by atoms with Crippen molar-refractivity contribution in [2.75, 3.05) is 11.9 Å². The van der Waals surface area contributed by atoms with Crippen LogP contribution in [0.3, 0.4) is 0 Å². The number of hydrogen-bond donors (Lipinski definition) is 2. The van der Waals surface area contributed by atoms with E-state index in [1.807, 2.05) is 43.3 Å². The van der Waals surface area contributed by atoms with Crippen molar-refractivity contribution in [3.05, 3.63) is 53.3 Å². The SMILES string of the molecule is CC/C(=C\c1ccccc1)C(=O)NCC(=O)Nc1cc(C)on1. The molecule has 120 valence electrons. The number of anilines is 1. The highest BCUT2D eigenvalue weighted by Gasteiger charge is 2.11. The van der Waals surface area contributed by atoms with Crippen molar-refractivity contribution in [2.45, 2.75) is 20.3 Å². The molecule has 0 bridgehead atoms. The highest BCUT2D eigenvalue weighted by Crippen LogP contribution is 2.10. The number of carbonyl (C=O) groups excluding carboxylic acids is 2. The standard InChI is InChI=1S/C17H19N3O3/c1-3-14(10-13-7-5-4-6-8-13)17(22)18-11-16(21)19-15-9-12(2)23-20-15/h4-10H,3,11H2,1-2H3,(H,18,22)(H,19,20,21)/b14-10+. The summed E-state index contributed by atoms with van der Waals surface area (Å²) in [5.74, 6) is 0.311. The first-order chi connectivity index (χ1) is 11.1. The number of aromatic nitrogens is 1. The number of nitrogens with one attached hydrogen (secondary N) is 2. The summed E-state index contributed by atoms with van der Waals surface area (Å²) in [6, 6.07) is 11.2. The molecule has 0 spiro atoms. The van der Waals surface area contributed by atoms with Gasteiger partial charge in [0.05, 0.1) is 6.54 Å². The maximum absolute atomic E-state index is 12.1. The van der Waals surface area contributed by atoms with Gasteiger partial charge in [0.15, 0.2) is 5.82 Å². The Labute approximate surface area is 134 Å². The second-order valence-corrected chi connectivity index (χ2v) is 4.99. The van der Waals surface area contributed by atoms with E-state index in [-0.39, 0.29) is 18.4 Å². The fourth-order valence-corrected chi connectivity index (χ4v) is 1.97. The molecule has 1 aromatic heterocycles. The van der Waals surface area contributed by atoms with Crippen LogP contribution in [0.25, 0.3) is 6.08 Å². The molecular formula is C17H19N3O3. The monoisotopic (exact) mass is 313 g/mol. The summed E-state index contributed by atoms with van der Waals surface area (Å²) in [7, 11) is 0. The third-order valence-corrected chi connectivity index (χ3v) is 3.12. The second kappa shape index (κ2) is 7.93. The molecule has 2 aromatic rings. The lowest BCUT2D eigenvalue weighted by molar-refractivity contribution is -0.121. The smallest absolute Gasteiger partial charge is 0.247 e. The maximum atomic E-state index is 12.1. The summed E-state index contributed by atoms with van der Waals surface area (Å²) in [5.41, 5.74) is 1.56. The predicted octanol–water partition coefficient (Wildman–Crippen LogP) is 2.53. The van der Waals surface area contributed by atoms with Crippen molar-refractivity contribution in [1.82, 2.24) is 10.5 Å². The van der Waals surface area contributed by atoms with Crippen LogP contribution in [0.15, 0.2) is 46.5 Å². The molecule has 2 rings (SSSR count). The molecule has 0 aliphatic rings. The molecule has 0 aliphatic carbocycles. The van der Waals surface area contributed by atoms with E-state index in [4.69, 9.17) is 4.52 Å². The van der Waals surface area contributed by atoms with Crippen molar-refractivity contribution in [2.24, 2.45) is 0 Å². The molecular weight excluding hydrogens is 294 g/mol. The molecule has 0 atom stereocenters. The van der Waals surface area contributed by atoms with Gasteiger partial charge in [-0.15, -0.1) is 0 Å². The van der Waals surface area contributed by atoms with Crippen LogP contribution in [0.2, 0.25) is 0 Å². The molecule has 23 heavy (non-hydrogen) atoms. The van der Waals surface area contributed by atoms with E-state index >= 15 is 0 Å². The van der Waals surface area contributed by atoms with Crippen molar-refractivity contribution in [3.8, 4) is 0 Å². The summed E-state index contributed by atoms with van der Waals surface area (Å²) in [6.07, 6.45) is 2.39. The molecule has 0 unspecified atom stereocenters. The summed E-state index contributed by atoms with van der Waals surface area (Å²) in [6.45, 7) is 3.50. The van der Waals surface area contributed by atoms with Crippen LogP contribution in [0.5, 0.6) is 0 Å². The van der Waals surface area contributed by atoms with Crippen LogP contribution in [0.1, 0.15) is 24.7 Å². The Kier molecular flexibility index (Phi) is 5.68. The van der Waals surface area contributed by atoms with Gasteiger partial charge in [-0.1, -0.05) is 42.4 Å². The first-order valence-corrected chi connectivity index (χ1v) is 7.35. The van der Waals surface area contributed by atoms with Gasteiger partial charge in [0.2, 0.25) is 11.8 Å². The lowest BCUT2D eigenvalue weighted by atomic mass is 10.1. The first kappa shape index (κ1) is 16.5. The number of rotatable bonds is 6. The topological polar surface area (TPSA) is 84.2 Å². The molecule has 0 saturated carbocycles. The number of benzene rings is 1. The van der Waals surface area contributed by atoms with E-state index in [0.29, 0.717) is 23.6 Å². The molecule has 1 heterocycles. The minimum Gasteiger partial charge on any atom is -0.360 e. The minimum atomic E-state index is -0.359. The zero-order valence-corrected chi connectivity index (χ0v) is 13.1. The second-order valence-electron chi connectivity index (χ2n) is 4.99. The highest BCUT2D eigenvalue weighted by atomic mass is 16.5. The zero-order valence-electron chi connectivity index (χ0n) is 13.1. The van der Waals surface area contributed by atoms with Crippen molar-refractivity contribution >= 4 is 23.7 Å². The average molecular weight is 313 g/mol. The van der Waals surface area contributed by atoms with Crippen LogP contribution in [-0.2, 0) is 9.59 Å². The molecule has 0 aliphatic heterocycles.